The van der Waals surface area contributed by atoms with Crippen molar-refractivity contribution in [3.8, 4) is 0 Å². The lowest BCUT2D eigenvalue weighted by Crippen LogP contribution is -2.49. The molecule has 0 amide bonds. The molecule has 0 atom stereocenters. The number of benzene rings is 1. The number of nitrogens with two attached hydrogens (primary N) is 1. The van der Waals surface area contributed by atoms with Gasteiger partial charge in [-0.25, -0.2) is 4.39 Å². The molecule has 3 nitrogen and oxygen atoms in total. The van der Waals surface area contributed by atoms with E-state index in [2.05, 4.69) is 23.6 Å². The van der Waals surface area contributed by atoms with Crippen LogP contribution in [0.1, 0.15) is 19.4 Å². The van der Waals surface area contributed by atoms with Gasteiger partial charge in [0.05, 0.1) is 5.69 Å². The summed E-state index contributed by atoms with van der Waals surface area (Å²) in [6.45, 7) is 8.73. The lowest BCUT2D eigenvalue weighted by molar-refractivity contribution is 0.209. The summed E-state index contributed by atoms with van der Waals surface area (Å²) in [6.07, 6.45) is 0.734. The van der Waals surface area contributed by atoms with Crippen molar-refractivity contribution in [2.24, 2.45) is 5.73 Å². The number of hydrogen-bond donors (Lipinski definition) is 1. The molecule has 0 unspecified atom stereocenters. The van der Waals surface area contributed by atoms with Crippen LogP contribution in [0, 0.1) is 5.82 Å². The molecular weight excluding hydrogens is 241 g/mol. The van der Waals surface area contributed by atoms with Crippen molar-refractivity contribution < 1.29 is 4.39 Å². The fourth-order valence-electron chi connectivity index (χ4n) is 2.73. The smallest absolute Gasteiger partial charge is 0.146 e. The highest BCUT2D eigenvalue weighted by atomic mass is 19.1. The van der Waals surface area contributed by atoms with Crippen LogP contribution in [0.4, 0.5) is 10.1 Å². The monoisotopic (exact) mass is 265 g/mol. The molecule has 2 rings (SSSR count). The number of hydrogen-bond acceptors (Lipinski definition) is 3. The topological polar surface area (TPSA) is 32.5 Å². The molecular formula is C15H24FN3. The molecule has 0 aliphatic carbocycles. The second-order valence-electron chi connectivity index (χ2n) is 5.40. The van der Waals surface area contributed by atoms with Gasteiger partial charge in [-0.2, -0.15) is 0 Å². The van der Waals surface area contributed by atoms with Gasteiger partial charge in [0.2, 0.25) is 0 Å². The van der Waals surface area contributed by atoms with Gasteiger partial charge in [-0.15, -0.1) is 0 Å². The fourth-order valence-corrected chi connectivity index (χ4v) is 2.73. The number of para-hydroxylation sites is 1. The van der Waals surface area contributed by atoms with Crippen molar-refractivity contribution in [2.75, 3.05) is 37.6 Å². The molecule has 2 N–H and O–H groups in total. The van der Waals surface area contributed by atoms with Gasteiger partial charge < -0.3 is 10.6 Å². The molecule has 1 saturated heterocycles. The summed E-state index contributed by atoms with van der Waals surface area (Å²) in [7, 11) is 0. The van der Waals surface area contributed by atoms with Crippen molar-refractivity contribution in [2.45, 2.75) is 26.3 Å². The van der Waals surface area contributed by atoms with Crippen molar-refractivity contribution in [3.63, 3.8) is 0 Å². The van der Waals surface area contributed by atoms with E-state index in [1.807, 2.05) is 6.07 Å². The van der Waals surface area contributed by atoms with Crippen LogP contribution < -0.4 is 10.6 Å². The van der Waals surface area contributed by atoms with E-state index in [0.717, 1.165) is 43.9 Å². The predicted molar refractivity (Wildman–Crippen MR) is 78.1 cm³/mol. The third-order valence-corrected chi connectivity index (χ3v) is 3.84. The van der Waals surface area contributed by atoms with Crippen LogP contribution in [0.15, 0.2) is 18.2 Å². The molecule has 4 heteroatoms. The van der Waals surface area contributed by atoms with Crippen LogP contribution in [0.3, 0.4) is 0 Å². The second kappa shape index (κ2) is 6.35. The average molecular weight is 265 g/mol. The summed E-state index contributed by atoms with van der Waals surface area (Å²) in [6, 6.07) is 5.87. The first kappa shape index (κ1) is 14.3. The lowest BCUT2D eigenvalue weighted by Gasteiger charge is -2.39. The summed E-state index contributed by atoms with van der Waals surface area (Å²) >= 11 is 0. The van der Waals surface area contributed by atoms with Crippen molar-refractivity contribution >= 4 is 5.69 Å². The SMILES string of the molecule is CC(C)N1CCN(c2c(F)cccc2CCN)CC1. The third-order valence-electron chi connectivity index (χ3n) is 3.84. The lowest BCUT2D eigenvalue weighted by atomic mass is 10.1. The van der Waals surface area contributed by atoms with Gasteiger partial charge in [0.15, 0.2) is 0 Å². The number of anilines is 1. The van der Waals surface area contributed by atoms with E-state index in [1.54, 1.807) is 12.1 Å². The van der Waals surface area contributed by atoms with Gasteiger partial charge >= 0.3 is 0 Å². The Hall–Kier alpha value is -1.13. The molecule has 19 heavy (non-hydrogen) atoms. The molecule has 0 radical (unpaired) electrons. The molecule has 0 bridgehead atoms. The van der Waals surface area contributed by atoms with Gasteiger partial charge in [-0.05, 0) is 38.4 Å². The van der Waals surface area contributed by atoms with E-state index in [4.69, 9.17) is 5.73 Å². The molecule has 0 saturated carbocycles. The van der Waals surface area contributed by atoms with E-state index in [9.17, 15) is 4.39 Å². The minimum atomic E-state index is -0.121. The molecule has 0 aromatic heterocycles. The summed E-state index contributed by atoms with van der Waals surface area (Å²) in [5, 5.41) is 0. The largest absolute Gasteiger partial charge is 0.366 e. The van der Waals surface area contributed by atoms with Gasteiger partial charge in [0.25, 0.3) is 0 Å². The molecule has 1 aromatic carbocycles. The normalized spacial score (nSPS) is 17.2. The van der Waals surface area contributed by atoms with Gasteiger partial charge in [-0.3, -0.25) is 4.90 Å². The Bertz CT molecular complexity index is 412. The molecule has 1 aliphatic heterocycles. The van der Waals surface area contributed by atoms with Crippen molar-refractivity contribution in [3.05, 3.63) is 29.6 Å². The minimum absolute atomic E-state index is 0.121. The Balaban J connectivity index is 2.14. The molecule has 1 fully saturated rings. The molecule has 106 valence electrons. The minimum Gasteiger partial charge on any atom is -0.366 e. The number of halogens is 1. The van der Waals surface area contributed by atoms with E-state index < -0.39 is 0 Å². The van der Waals surface area contributed by atoms with Crippen molar-refractivity contribution in [1.82, 2.24) is 4.90 Å². The maximum absolute atomic E-state index is 14.1. The fraction of sp³-hybridized carbons (Fsp3) is 0.600. The number of nitrogens with zero attached hydrogens (tertiary/aromatic N) is 2. The zero-order valence-corrected chi connectivity index (χ0v) is 11.9. The first-order valence-electron chi connectivity index (χ1n) is 7.10. The molecule has 1 heterocycles. The molecule has 1 aromatic rings. The average Bonchev–Trinajstić information content (AvgIpc) is 2.39. The third kappa shape index (κ3) is 3.25. The number of rotatable bonds is 4. The molecule has 0 spiro atoms. The van der Waals surface area contributed by atoms with E-state index in [-0.39, 0.29) is 5.82 Å². The highest BCUT2D eigenvalue weighted by Crippen LogP contribution is 2.26. The second-order valence-corrected chi connectivity index (χ2v) is 5.40. The van der Waals surface area contributed by atoms with Crippen LogP contribution in [0.25, 0.3) is 0 Å². The first-order chi connectivity index (χ1) is 9.13. The Labute approximate surface area is 115 Å². The van der Waals surface area contributed by atoms with Crippen LogP contribution in [0.5, 0.6) is 0 Å². The van der Waals surface area contributed by atoms with Crippen LogP contribution in [0.2, 0.25) is 0 Å². The van der Waals surface area contributed by atoms with E-state index in [0.29, 0.717) is 12.6 Å². The standard InChI is InChI=1S/C15H24FN3/c1-12(2)18-8-10-19(11-9-18)15-13(6-7-17)4-3-5-14(15)16/h3-5,12H,6-11,17H2,1-2H3. The Morgan fingerprint density at radius 2 is 1.89 bits per heavy atom. The maximum Gasteiger partial charge on any atom is 0.146 e. The zero-order chi connectivity index (χ0) is 13.8. The predicted octanol–water partition coefficient (Wildman–Crippen LogP) is 1.86. The van der Waals surface area contributed by atoms with Gasteiger partial charge in [0.1, 0.15) is 5.82 Å². The van der Waals surface area contributed by atoms with Gasteiger partial charge in [0, 0.05) is 32.2 Å². The summed E-state index contributed by atoms with van der Waals surface area (Å²) in [5.74, 6) is -0.121. The maximum atomic E-state index is 14.1. The summed E-state index contributed by atoms with van der Waals surface area (Å²) < 4.78 is 14.1. The summed E-state index contributed by atoms with van der Waals surface area (Å²) in [5.41, 5.74) is 7.41. The van der Waals surface area contributed by atoms with Crippen LogP contribution in [-0.4, -0.2) is 43.7 Å². The van der Waals surface area contributed by atoms with Crippen molar-refractivity contribution in [1.29, 1.82) is 0 Å². The number of piperazine rings is 1. The Morgan fingerprint density at radius 1 is 1.21 bits per heavy atom. The first-order valence-corrected chi connectivity index (χ1v) is 7.10. The zero-order valence-electron chi connectivity index (χ0n) is 11.9. The summed E-state index contributed by atoms with van der Waals surface area (Å²) in [4.78, 5) is 4.60. The quantitative estimate of drug-likeness (QED) is 0.902. The highest BCUT2D eigenvalue weighted by molar-refractivity contribution is 5.55. The van der Waals surface area contributed by atoms with E-state index in [1.165, 1.54) is 0 Å². The molecule has 1 aliphatic rings. The van der Waals surface area contributed by atoms with Gasteiger partial charge in [-0.1, -0.05) is 12.1 Å². The highest BCUT2D eigenvalue weighted by Gasteiger charge is 2.22. The Kier molecular flexibility index (Phi) is 4.77. The van der Waals surface area contributed by atoms with Crippen LogP contribution >= 0.6 is 0 Å². The van der Waals surface area contributed by atoms with E-state index >= 15 is 0 Å². The van der Waals surface area contributed by atoms with Crippen LogP contribution in [-0.2, 0) is 6.42 Å². The Morgan fingerprint density at radius 3 is 2.47 bits per heavy atom.